The summed E-state index contributed by atoms with van der Waals surface area (Å²) in [5.41, 5.74) is 0.970. The quantitative estimate of drug-likeness (QED) is 0.797. The first-order chi connectivity index (χ1) is 9.49. The lowest BCUT2D eigenvalue weighted by atomic mass is 10.2. The molecule has 102 valence electrons. The Hall–Kier alpha value is -2.32. The van der Waals surface area contributed by atoms with Crippen LogP contribution in [0.2, 0.25) is 0 Å². The van der Waals surface area contributed by atoms with Gasteiger partial charge in [-0.05, 0) is 42.3 Å². The average molecular weight is 289 g/mol. The van der Waals surface area contributed by atoms with E-state index in [1.807, 2.05) is 0 Å². The lowest BCUT2D eigenvalue weighted by molar-refractivity contribution is 0.604. The zero-order chi connectivity index (χ0) is 14.6. The van der Waals surface area contributed by atoms with Gasteiger partial charge in [-0.15, -0.1) is 0 Å². The minimum Gasteiger partial charge on any atom is -0.263 e. The van der Waals surface area contributed by atoms with Crippen LogP contribution < -0.4 is 4.31 Å². The van der Waals surface area contributed by atoms with Gasteiger partial charge in [0.2, 0.25) is 0 Å². The standard InChI is InChI=1S/C15H12FNO2S/c1-17(15-5-3-2-4-6-15)20(18,19)12-11-13-7-9-14(16)10-8-13/h2-10H,1H3. The monoisotopic (exact) mass is 289 g/mol. The number of anilines is 1. The van der Waals surface area contributed by atoms with Crippen molar-refractivity contribution in [3.63, 3.8) is 0 Å². The summed E-state index contributed by atoms with van der Waals surface area (Å²) in [4.78, 5) is 0. The summed E-state index contributed by atoms with van der Waals surface area (Å²) in [6.07, 6.45) is 0. The van der Waals surface area contributed by atoms with Gasteiger partial charge in [-0.25, -0.2) is 4.39 Å². The molecule has 0 saturated carbocycles. The molecule has 2 aromatic rings. The van der Waals surface area contributed by atoms with Crippen LogP contribution in [0.1, 0.15) is 5.56 Å². The fourth-order valence-electron chi connectivity index (χ4n) is 1.50. The van der Waals surface area contributed by atoms with Crippen molar-refractivity contribution in [1.82, 2.24) is 0 Å². The predicted molar refractivity (Wildman–Crippen MR) is 77.0 cm³/mol. The SMILES string of the molecule is CN(c1ccccc1)S(=O)(=O)C#Cc1ccc(F)cc1. The summed E-state index contributed by atoms with van der Waals surface area (Å²) in [6.45, 7) is 0. The van der Waals surface area contributed by atoms with Crippen molar-refractivity contribution >= 4 is 15.7 Å². The fourth-order valence-corrected chi connectivity index (χ4v) is 2.28. The van der Waals surface area contributed by atoms with Gasteiger partial charge in [0, 0.05) is 12.6 Å². The Kier molecular flexibility index (Phi) is 4.06. The van der Waals surface area contributed by atoms with Crippen LogP contribution in [-0.4, -0.2) is 15.5 Å². The van der Waals surface area contributed by atoms with Crippen LogP contribution in [0.25, 0.3) is 0 Å². The third kappa shape index (κ3) is 3.37. The lowest BCUT2D eigenvalue weighted by Gasteiger charge is -2.14. The molecule has 0 radical (unpaired) electrons. The molecular weight excluding hydrogens is 277 g/mol. The van der Waals surface area contributed by atoms with E-state index in [1.54, 1.807) is 30.3 Å². The average Bonchev–Trinajstić information content (AvgIpc) is 2.47. The van der Waals surface area contributed by atoms with E-state index < -0.39 is 10.0 Å². The number of hydrogen-bond donors (Lipinski definition) is 0. The molecule has 0 saturated heterocycles. The molecule has 0 aliphatic carbocycles. The number of halogens is 1. The molecule has 0 atom stereocenters. The number of hydrogen-bond acceptors (Lipinski definition) is 2. The largest absolute Gasteiger partial charge is 0.304 e. The normalized spacial score (nSPS) is 10.5. The molecule has 0 N–H and O–H groups in total. The third-order valence-corrected chi connectivity index (χ3v) is 3.94. The molecule has 0 amide bonds. The van der Waals surface area contributed by atoms with E-state index in [1.165, 1.54) is 31.3 Å². The minimum atomic E-state index is -3.74. The van der Waals surface area contributed by atoms with Crippen molar-refractivity contribution in [2.45, 2.75) is 0 Å². The summed E-state index contributed by atoms with van der Waals surface area (Å²) in [5.74, 6) is 2.13. The van der Waals surface area contributed by atoms with Crippen LogP contribution in [0.5, 0.6) is 0 Å². The number of benzene rings is 2. The van der Waals surface area contributed by atoms with Crippen LogP contribution in [-0.2, 0) is 10.0 Å². The van der Waals surface area contributed by atoms with Crippen LogP contribution in [0.15, 0.2) is 54.6 Å². The van der Waals surface area contributed by atoms with Crippen molar-refractivity contribution < 1.29 is 12.8 Å². The third-order valence-electron chi connectivity index (χ3n) is 2.65. The van der Waals surface area contributed by atoms with Crippen LogP contribution in [0.3, 0.4) is 0 Å². The second kappa shape index (κ2) is 5.76. The van der Waals surface area contributed by atoms with Crippen molar-refractivity contribution in [2.24, 2.45) is 0 Å². The van der Waals surface area contributed by atoms with E-state index >= 15 is 0 Å². The van der Waals surface area contributed by atoms with Crippen molar-refractivity contribution in [3.8, 4) is 11.2 Å². The van der Waals surface area contributed by atoms with Crippen LogP contribution >= 0.6 is 0 Å². The molecule has 0 bridgehead atoms. The molecule has 0 spiro atoms. The molecule has 0 heterocycles. The Morgan fingerprint density at radius 2 is 1.60 bits per heavy atom. The maximum absolute atomic E-state index is 12.7. The molecule has 5 heteroatoms. The van der Waals surface area contributed by atoms with Crippen LogP contribution in [0.4, 0.5) is 10.1 Å². The Labute approximate surface area is 117 Å². The topological polar surface area (TPSA) is 37.4 Å². The van der Waals surface area contributed by atoms with E-state index in [0.717, 1.165) is 4.31 Å². The smallest absolute Gasteiger partial charge is 0.263 e. The van der Waals surface area contributed by atoms with E-state index in [4.69, 9.17) is 0 Å². The number of rotatable bonds is 2. The van der Waals surface area contributed by atoms with Crippen molar-refractivity contribution in [3.05, 3.63) is 66.0 Å². The second-order valence-electron chi connectivity index (χ2n) is 4.04. The van der Waals surface area contributed by atoms with Gasteiger partial charge in [0.15, 0.2) is 0 Å². The highest BCUT2D eigenvalue weighted by molar-refractivity contribution is 7.97. The Morgan fingerprint density at radius 3 is 2.20 bits per heavy atom. The Bertz CT molecular complexity index is 744. The van der Waals surface area contributed by atoms with E-state index in [0.29, 0.717) is 11.3 Å². The number of para-hydroxylation sites is 1. The molecule has 3 nitrogen and oxygen atoms in total. The lowest BCUT2D eigenvalue weighted by Crippen LogP contribution is -2.24. The van der Waals surface area contributed by atoms with E-state index in [-0.39, 0.29) is 5.82 Å². The van der Waals surface area contributed by atoms with Gasteiger partial charge in [0.05, 0.1) is 10.9 Å². The molecule has 0 fully saturated rings. The second-order valence-corrected chi connectivity index (χ2v) is 5.74. The summed E-state index contributed by atoms with van der Waals surface area (Å²) >= 11 is 0. The molecule has 2 aromatic carbocycles. The number of nitrogens with zero attached hydrogens (tertiary/aromatic N) is 1. The Balaban J connectivity index is 2.26. The molecule has 0 aliphatic heterocycles. The fraction of sp³-hybridized carbons (Fsp3) is 0.0667. The highest BCUT2D eigenvalue weighted by Gasteiger charge is 2.14. The van der Waals surface area contributed by atoms with Gasteiger partial charge in [0.1, 0.15) is 5.82 Å². The minimum absolute atomic E-state index is 0.389. The first-order valence-corrected chi connectivity index (χ1v) is 7.25. The molecule has 0 aromatic heterocycles. The van der Waals surface area contributed by atoms with Gasteiger partial charge < -0.3 is 0 Å². The maximum Gasteiger partial charge on any atom is 0.304 e. The van der Waals surface area contributed by atoms with Gasteiger partial charge in [-0.2, -0.15) is 8.42 Å². The zero-order valence-electron chi connectivity index (χ0n) is 10.7. The van der Waals surface area contributed by atoms with E-state index in [9.17, 15) is 12.8 Å². The first kappa shape index (κ1) is 14.1. The zero-order valence-corrected chi connectivity index (χ0v) is 11.6. The van der Waals surface area contributed by atoms with Crippen LogP contribution in [0, 0.1) is 17.0 Å². The summed E-state index contributed by atoms with van der Waals surface area (Å²) in [7, 11) is -2.31. The maximum atomic E-state index is 12.7. The van der Waals surface area contributed by atoms with Gasteiger partial charge in [-0.1, -0.05) is 18.2 Å². The molecular formula is C15H12FNO2S. The summed E-state index contributed by atoms with van der Waals surface area (Å²) < 4.78 is 37.9. The van der Waals surface area contributed by atoms with Gasteiger partial charge in [-0.3, -0.25) is 4.31 Å². The van der Waals surface area contributed by atoms with Crippen molar-refractivity contribution in [2.75, 3.05) is 11.4 Å². The van der Waals surface area contributed by atoms with Crippen molar-refractivity contribution in [1.29, 1.82) is 0 Å². The predicted octanol–water partition coefficient (Wildman–Crippen LogP) is 2.60. The molecule has 20 heavy (non-hydrogen) atoms. The summed E-state index contributed by atoms with van der Waals surface area (Å²) in [6, 6.07) is 14.0. The highest BCUT2D eigenvalue weighted by Crippen LogP contribution is 2.14. The molecule has 2 rings (SSSR count). The van der Waals surface area contributed by atoms with E-state index in [2.05, 4.69) is 11.2 Å². The first-order valence-electron chi connectivity index (χ1n) is 5.81. The Morgan fingerprint density at radius 1 is 1.00 bits per heavy atom. The summed E-state index contributed by atoms with van der Waals surface area (Å²) in [5, 5.41) is 2.22. The van der Waals surface area contributed by atoms with Gasteiger partial charge >= 0.3 is 10.0 Å². The molecule has 0 unspecified atom stereocenters. The number of sulfonamides is 1. The molecule has 0 aliphatic rings. The highest BCUT2D eigenvalue weighted by atomic mass is 32.2. The van der Waals surface area contributed by atoms with Gasteiger partial charge in [0.25, 0.3) is 0 Å².